The van der Waals surface area contributed by atoms with Gasteiger partial charge in [-0.05, 0) is 18.2 Å². The lowest BCUT2D eigenvalue weighted by Crippen LogP contribution is -2.22. The van der Waals surface area contributed by atoms with Crippen molar-refractivity contribution < 1.29 is 14.2 Å². The Kier molecular flexibility index (Phi) is 5.39. The Bertz CT molecular complexity index is 316. The summed E-state index contributed by atoms with van der Waals surface area (Å²) in [7, 11) is 3.11. The first-order valence-corrected chi connectivity index (χ1v) is 5.48. The zero-order valence-corrected chi connectivity index (χ0v) is 10.8. The van der Waals surface area contributed by atoms with Gasteiger partial charge in [0.05, 0.1) is 5.02 Å². The third kappa shape index (κ3) is 3.99. The molecule has 0 saturated heterocycles. The quantitative estimate of drug-likeness (QED) is 0.781. The Morgan fingerprint density at radius 1 is 1.33 bits per heavy atom. The summed E-state index contributed by atoms with van der Waals surface area (Å²) in [5.74, 6) is 0.602. The average molecular weight is 296 g/mol. The Morgan fingerprint density at radius 3 is 2.60 bits per heavy atom. The predicted octanol–water partition coefficient (Wildman–Crippen LogP) is 3.10. The minimum absolute atomic E-state index is 0.295. The smallest absolute Gasteiger partial charge is 0.191 e. The molecule has 0 saturated carbocycles. The largest absolute Gasteiger partial charge is 0.487 e. The second-order valence-electron chi connectivity index (χ2n) is 2.79. The Morgan fingerprint density at radius 2 is 2.00 bits per heavy atom. The molecule has 0 bridgehead atoms. The molecular weight excluding hydrogens is 283 g/mol. The van der Waals surface area contributed by atoms with Crippen LogP contribution in [0.5, 0.6) is 5.75 Å². The number of hydrogen-bond donors (Lipinski definition) is 0. The lowest BCUT2D eigenvalue weighted by atomic mass is 10.3. The molecule has 1 aromatic carbocycles. The van der Waals surface area contributed by atoms with E-state index in [-0.39, 0.29) is 6.29 Å². The molecule has 0 aliphatic carbocycles. The molecule has 1 rings (SSSR count). The summed E-state index contributed by atoms with van der Waals surface area (Å²) in [5, 5.41) is 0.559. The number of rotatable bonds is 5. The van der Waals surface area contributed by atoms with Crippen LogP contribution < -0.4 is 4.74 Å². The van der Waals surface area contributed by atoms with Gasteiger partial charge in [-0.3, -0.25) is 0 Å². The van der Waals surface area contributed by atoms with Gasteiger partial charge in [-0.15, -0.1) is 0 Å². The number of hydrogen-bond acceptors (Lipinski definition) is 3. The molecular formula is C10H12BrClO3. The first-order chi connectivity index (χ1) is 7.17. The van der Waals surface area contributed by atoms with Crippen LogP contribution in [0.2, 0.25) is 5.02 Å². The van der Waals surface area contributed by atoms with Crippen LogP contribution in [0.25, 0.3) is 0 Å². The van der Waals surface area contributed by atoms with E-state index in [9.17, 15) is 0 Å². The van der Waals surface area contributed by atoms with Crippen molar-refractivity contribution in [2.75, 3.05) is 20.8 Å². The molecule has 0 amide bonds. The Labute approximate surface area is 102 Å². The fourth-order valence-corrected chi connectivity index (χ4v) is 1.49. The van der Waals surface area contributed by atoms with Crippen LogP contribution in [-0.4, -0.2) is 27.1 Å². The molecule has 5 heteroatoms. The zero-order valence-electron chi connectivity index (χ0n) is 8.50. The van der Waals surface area contributed by atoms with Crippen LogP contribution in [0.15, 0.2) is 22.7 Å². The van der Waals surface area contributed by atoms with E-state index in [1.807, 2.05) is 6.07 Å². The zero-order chi connectivity index (χ0) is 11.3. The highest BCUT2D eigenvalue weighted by molar-refractivity contribution is 9.10. The van der Waals surface area contributed by atoms with Crippen LogP contribution in [-0.2, 0) is 9.47 Å². The molecule has 0 fully saturated rings. The van der Waals surface area contributed by atoms with E-state index in [0.29, 0.717) is 17.4 Å². The van der Waals surface area contributed by atoms with Crippen LogP contribution >= 0.6 is 27.5 Å². The van der Waals surface area contributed by atoms with E-state index < -0.39 is 0 Å². The summed E-state index contributed by atoms with van der Waals surface area (Å²) in [6.45, 7) is 0.295. The summed E-state index contributed by atoms with van der Waals surface area (Å²) in [5.41, 5.74) is 0. The van der Waals surface area contributed by atoms with Gasteiger partial charge in [-0.25, -0.2) is 0 Å². The molecule has 0 N–H and O–H groups in total. The summed E-state index contributed by atoms with van der Waals surface area (Å²) in [6, 6.07) is 5.40. The summed E-state index contributed by atoms with van der Waals surface area (Å²) in [4.78, 5) is 0. The topological polar surface area (TPSA) is 27.7 Å². The molecule has 0 spiro atoms. The normalized spacial score (nSPS) is 10.7. The average Bonchev–Trinajstić information content (AvgIpc) is 2.24. The highest BCUT2D eigenvalue weighted by Crippen LogP contribution is 2.27. The maximum atomic E-state index is 5.94. The Balaban J connectivity index is 2.60. The molecule has 84 valence electrons. The van der Waals surface area contributed by atoms with Crippen molar-refractivity contribution in [3.05, 3.63) is 27.7 Å². The highest BCUT2D eigenvalue weighted by atomic mass is 79.9. The number of halogens is 2. The van der Waals surface area contributed by atoms with E-state index in [0.717, 1.165) is 4.47 Å². The second-order valence-corrected chi connectivity index (χ2v) is 4.11. The molecule has 0 aromatic heterocycles. The molecule has 0 heterocycles. The van der Waals surface area contributed by atoms with Gasteiger partial charge >= 0.3 is 0 Å². The van der Waals surface area contributed by atoms with Gasteiger partial charge in [0.2, 0.25) is 0 Å². The third-order valence-electron chi connectivity index (χ3n) is 1.79. The van der Waals surface area contributed by atoms with E-state index in [1.165, 1.54) is 0 Å². The second kappa shape index (κ2) is 6.33. The number of benzene rings is 1. The maximum Gasteiger partial charge on any atom is 0.191 e. The highest BCUT2D eigenvalue weighted by Gasteiger charge is 2.08. The third-order valence-corrected chi connectivity index (χ3v) is 2.60. The van der Waals surface area contributed by atoms with Gasteiger partial charge in [-0.2, -0.15) is 0 Å². The van der Waals surface area contributed by atoms with Gasteiger partial charge < -0.3 is 14.2 Å². The van der Waals surface area contributed by atoms with Crippen molar-refractivity contribution in [3.8, 4) is 5.75 Å². The molecule has 0 aliphatic rings. The molecule has 3 nitrogen and oxygen atoms in total. The molecule has 15 heavy (non-hydrogen) atoms. The fraction of sp³-hybridized carbons (Fsp3) is 0.400. The van der Waals surface area contributed by atoms with Crippen LogP contribution in [0.1, 0.15) is 0 Å². The van der Waals surface area contributed by atoms with E-state index >= 15 is 0 Å². The first kappa shape index (κ1) is 12.8. The molecule has 0 unspecified atom stereocenters. The van der Waals surface area contributed by atoms with E-state index in [1.54, 1.807) is 26.4 Å². The molecule has 1 aromatic rings. The van der Waals surface area contributed by atoms with Crippen LogP contribution in [0.3, 0.4) is 0 Å². The molecule has 0 aliphatic heterocycles. The van der Waals surface area contributed by atoms with Gasteiger partial charge in [0, 0.05) is 18.7 Å². The standard InChI is InChI=1S/C10H12BrClO3/c1-13-10(14-2)6-15-9-5-7(11)3-4-8(9)12/h3-5,10H,6H2,1-2H3. The van der Waals surface area contributed by atoms with Crippen LogP contribution in [0.4, 0.5) is 0 Å². The minimum Gasteiger partial charge on any atom is -0.487 e. The lowest BCUT2D eigenvalue weighted by Gasteiger charge is -2.15. The van der Waals surface area contributed by atoms with Gasteiger partial charge in [-0.1, -0.05) is 27.5 Å². The predicted molar refractivity (Wildman–Crippen MR) is 62.5 cm³/mol. The summed E-state index contributed by atoms with van der Waals surface area (Å²) < 4.78 is 16.3. The first-order valence-electron chi connectivity index (χ1n) is 4.30. The lowest BCUT2D eigenvalue weighted by molar-refractivity contribution is -0.121. The van der Waals surface area contributed by atoms with Crippen molar-refractivity contribution in [3.63, 3.8) is 0 Å². The monoisotopic (exact) mass is 294 g/mol. The maximum absolute atomic E-state index is 5.94. The SMILES string of the molecule is COC(COc1cc(Br)ccc1Cl)OC. The molecule has 0 atom stereocenters. The number of ether oxygens (including phenoxy) is 3. The Hall–Kier alpha value is -0.290. The summed E-state index contributed by atoms with van der Waals surface area (Å²) in [6.07, 6.45) is -0.389. The van der Waals surface area contributed by atoms with Crippen LogP contribution in [0, 0.1) is 0 Å². The van der Waals surface area contributed by atoms with Gasteiger partial charge in [0.25, 0.3) is 0 Å². The van der Waals surface area contributed by atoms with Gasteiger partial charge in [0.1, 0.15) is 12.4 Å². The summed E-state index contributed by atoms with van der Waals surface area (Å²) >= 11 is 9.27. The van der Waals surface area contributed by atoms with Crippen molar-refractivity contribution >= 4 is 27.5 Å². The van der Waals surface area contributed by atoms with Crippen molar-refractivity contribution in [1.29, 1.82) is 0 Å². The fourth-order valence-electron chi connectivity index (χ4n) is 0.978. The van der Waals surface area contributed by atoms with Crippen molar-refractivity contribution in [2.24, 2.45) is 0 Å². The van der Waals surface area contributed by atoms with Crippen molar-refractivity contribution in [1.82, 2.24) is 0 Å². The van der Waals surface area contributed by atoms with Gasteiger partial charge in [0.15, 0.2) is 6.29 Å². The van der Waals surface area contributed by atoms with E-state index in [4.69, 9.17) is 25.8 Å². The molecule has 0 radical (unpaired) electrons. The van der Waals surface area contributed by atoms with Crippen molar-refractivity contribution in [2.45, 2.75) is 6.29 Å². The number of methoxy groups -OCH3 is 2. The van der Waals surface area contributed by atoms with E-state index in [2.05, 4.69) is 15.9 Å². The minimum atomic E-state index is -0.389.